The minimum absolute atomic E-state index is 0.139. The molecule has 0 aliphatic rings. The molecule has 1 rings (SSSR count). The Morgan fingerprint density at radius 3 is 2.59 bits per heavy atom. The number of nitrogens with one attached hydrogen (secondary N) is 1. The number of amides is 1. The Morgan fingerprint density at radius 2 is 2.00 bits per heavy atom. The number of hydrogen-bond donors (Lipinski definition) is 3. The van der Waals surface area contributed by atoms with E-state index in [1.807, 2.05) is 6.07 Å². The molecule has 2 unspecified atom stereocenters. The van der Waals surface area contributed by atoms with Crippen LogP contribution in [0.25, 0.3) is 0 Å². The van der Waals surface area contributed by atoms with E-state index in [4.69, 9.17) is 10.00 Å². The molecule has 0 saturated heterocycles. The lowest BCUT2D eigenvalue weighted by Crippen LogP contribution is -2.34. The quantitative estimate of drug-likeness (QED) is 0.770. The number of benzene rings is 1. The third kappa shape index (κ3) is 5.72. The molecule has 0 radical (unpaired) electrons. The summed E-state index contributed by atoms with van der Waals surface area (Å²) in [7, 11) is 0. The van der Waals surface area contributed by atoms with E-state index in [0.717, 1.165) is 0 Å². The van der Waals surface area contributed by atoms with Gasteiger partial charge in [-0.25, -0.2) is 4.79 Å². The van der Waals surface area contributed by atoms with Crippen LogP contribution in [-0.2, 0) is 4.74 Å². The molecule has 0 aromatic heterocycles. The minimum Gasteiger partial charge on any atom is -0.444 e. The second-order valence-electron chi connectivity index (χ2n) is 5.93. The molecule has 1 aromatic rings. The maximum absolute atomic E-state index is 11.5. The molecule has 3 N–H and O–H groups in total. The molecule has 22 heavy (non-hydrogen) atoms. The molecule has 0 fully saturated rings. The van der Waals surface area contributed by atoms with E-state index in [2.05, 4.69) is 5.32 Å². The van der Waals surface area contributed by atoms with E-state index in [9.17, 15) is 15.0 Å². The van der Waals surface area contributed by atoms with Crippen LogP contribution in [0, 0.1) is 11.3 Å². The average molecular weight is 306 g/mol. The van der Waals surface area contributed by atoms with Gasteiger partial charge in [0.1, 0.15) is 11.7 Å². The highest BCUT2D eigenvalue weighted by Gasteiger charge is 2.21. The number of hydrogen-bond acceptors (Lipinski definition) is 5. The zero-order valence-electron chi connectivity index (χ0n) is 13.0. The van der Waals surface area contributed by atoms with Crippen molar-refractivity contribution >= 4 is 6.09 Å². The number of carbonyl (C=O) groups is 1. The van der Waals surface area contributed by atoms with Crippen molar-refractivity contribution in [3.8, 4) is 6.07 Å². The maximum Gasteiger partial charge on any atom is 0.407 e. The molecule has 6 heteroatoms. The van der Waals surface area contributed by atoms with Crippen molar-refractivity contribution in [3.63, 3.8) is 0 Å². The van der Waals surface area contributed by atoms with Crippen LogP contribution in [0.4, 0.5) is 4.79 Å². The molecule has 6 nitrogen and oxygen atoms in total. The fraction of sp³-hybridized carbons (Fsp3) is 0.500. The molecule has 1 amide bonds. The summed E-state index contributed by atoms with van der Waals surface area (Å²) in [5, 5.41) is 31.6. The monoisotopic (exact) mass is 306 g/mol. The Hall–Kier alpha value is -2.10. The summed E-state index contributed by atoms with van der Waals surface area (Å²) in [6.07, 6.45) is -2.72. The lowest BCUT2D eigenvalue weighted by atomic mass is 9.98. The first-order valence-corrected chi connectivity index (χ1v) is 7.06. The number of nitriles is 1. The Morgan fingerprint density at radius 1 is 1.36 bits per heavy atom. The van der Waals surface area contributed by atoms with E-state index in [-0.39, 0.29) is 13.0 Å². The second-order valence-corrected chi connectivity index (χ2v) is 5.93. The predicted octanol–water partition coefficient (Wildman–Crippen LogP) is 1.87. The normalized spacial score (nSPS) is 13.8. The van der Waals surface area contributed by atoms with Crippen LogP contribution in [0.2, 0.25) is 0 Å². The first-order valence-electron chi connectivity index (χ1n) is 7.06. The number of rotatable bonds is 5. The Kier molecular flexibility index (Phi) is 6.35. The molecule has 0 aliphatic carbocycles. The summed E-state index contributed by atoms with van der Waals surface area (Å²) in [6, 6.07) is 8.51. The lowest BCUT2D eigenvalue weighted by Gasteiger charge is -2.21. The fourth-order valence-electron chi connectivity index (χ4n) is 1.86. The van der Waals surface area contributed by atoms with Crippen LogP contribution < -0.4 is 5.32 Å². The number of aliphatic hydroxyl groups excluding tert-OH is 2. The zero-order valence-corrected chi connectivity index (χ0v) is 13.0. The van der Waals surface area contributed by atoms with Gasteiger partial charge < -0.3 is 20.3 Å². The predicted molar refractivity (Wildman–Crippen MR) is 81.0 cm³/mol. The van der Waals surface area contributed by atoms with Gasteiger partial charge in [0, 0.05) is 12.1 Å². The first kappa shape index (κ1) is 18.0. The summed E-state index contributed by atoms with van der Waals surface area (Å²) >= 11 is 0. The van der Waals surface area contributed by atoms with Crippen molar-refractivity contribution in [1.82, 2.24) is 5.32 Å². The van der Waals surface area contributed by atoms with Crippen LogP contribution in [0.1, 0.15) is 44.4 Å². The number of aliphatic hydroxyl groups is 2. The molecule has 0 saturated carbocycles. The molecular formula is C16H22N2O4. The highest BCUT2D eigenvalue weighted by Crippen LogP contribution is 2.22. The lowest BCUT2D eigenvalue weighted by molar-refractivity contribution is 0.0121. The first-order chi connectivity index (χ1) is 10.2. The fourth-order valence-corrected chi connectivity index (χ4v) is 1.86. The molecule has 0 spiro atoms. The largest absolute Gasteiger partial charge is 0.444 e. The third-order valence-electron chi connectivity index (χ3n) is 2.87. The van der Waals surface area contributed by atoms with Crippen molar-refractivity contribution in [1.29, 1.82) is 5.26 Å². The molecule has 120 valence electrons. The van der Waals surface area contributed by atoms with Crippen LogP contribution in [0.3, 0.4) is 0 Å². The molecule has 0 heterocycles. The van der Waals surface area contributed by atoms with E-state index in [1.54, 1.807) is 45.0 Å². The molecule has 1 aromatic carbocycles. The molecule has 0 bridgehead atoms. The summed E-state index contributed by atoms with van der Waals surface area (Å²) in [6.45, 7) is 5.42. The van der Waals surface area contributed by atoms with Gasteiger partial charge >= 0.3 is 6.09 Å². The number of nitrogens with zero attached hydrogens (tertiary/aromatic N) is 1. The van der Waals surface area contributed by atoms with E-state index >= 15 is 0 Å². The molecule has 0 aliphatic heterocycles. The van der Waals surface area contributed by atoms with E-state index in [0.29, 0.717) is 11.1 Å². The number of ether oxygens (including phenoxy) is 1. The Balaban J connectivity index is 2.50. The third-order valence-corrected chi connectivity index (χ3v) is 2.87. The average Bonchev–Trinajstić information content (AvgIpc) is 2.44. The highest BCUT2D eigenvalue weighted by atomic mass is 16.6. The van der Waals surface area contributed by atoms with Crippen molar-refractivity contribution in [2.75, 3.05) is 6.54 Å². The Labute approximate surface area is 130 Å². The minimum atomic E-state index is -1.18. The van der Waals surface area contributed by atoms with Gasteiger partial charge in [-0.1, -0.05) is 18.2 Å². The van der Waals surface area contributed by atoms with Crippen molar-refractivity contribution < 1.29 is 19.7 Å². The second kappa shape index (κ2) is 7.78. The van der Waals surface area contributed by atoms with Gasteiger partial charge in [-0.15, -0.1) is 0 Å². The van der Waals surface area contributed by atoms with Crippen LogP contribution in [-0.4, -0.2) is 34.6 Å². The van der Waals surface area contributed by atoms with E-state index < -0.39 is 23.9 Å². The number of carbonyl (C=O) groups excluding carboxylic acids is 1. The Bertz CT molecular complexity index is 546. The smallest absolute Gasteiger partial charge is 0.407 e. The summed E-state index contributed by atoms with van der Waals surface area (Å²) in [5.41, 5.74) is 0.0948. The van der Waals surface area contributed by atoms with Gasteiger partial charge in [-0.3, -0.25) is 0 Å². The standard InChI is InChI=1S/C16H22N2O4/c1-16(2,3)22-15(21)18-9-8-13(19)14(20)12-7-5-4-6-11(12)10-17/h4-7,13-14,19-20H,8-9H2,1-3H3,(H,18,21). The molecule has 2 atom stereocenters. The van der Waals surface area contributed by atoms with Crippen molar-refractivity contribution in [2.24, 2.45) is 0 Å². The van der Waals surface area contributed by atoms with Crippen LogP contribution in [0.5, 0.6) is 0 Å². The number of alkyl carbamates (subject to hydrolysis) is 1. The topological polar surface area (TPSA) is 103 Å². The van der Waals surface area contributed by atoms with E-state index in [1.165, 1.54) is 0 Å². The maximum atomic E-state index is 11.5. The summed E-state index contributed by atoms with van der Waals surface area (Å²) in [4.78, 5) is 11.5. The van der Waals surface area contributed by atoms with Crippen LogP contribution >= 0.6 is 0 Å². The van der Waals surface area contributed by atoms with Gasteiger partial charge in [0.25, 0.3) is 0 Å². The zero-order chi connectivity index (χ0) is 16.8. The van der Waals surface area contributed by atoms with Gasteiger partial charge in [0.15, 0.2) is 0 Å². The van der Waals surface area contributed by atoms with Gasteiger partial charge in [0.2, 0.25) is 0 Å². The van der Waals surface area contributed by atoms with Crippen LogP contribution in [0.15, 0.2) is 24.3 Å². The van der Waals surface area contributed by atoms with Gasteiger partial charge in [-0.05, 0) is 33.3 Å². The van der Waals surface area contributed by atoms with Gasteiger partial charge in [0.05, 0.1) is 17.7 Å². The van der Waals surface area contributed by atoms with Crippen molar-refractivity contribution in [2.45, 2.75) is 45.0 Å². The SMILES string of the molecule is CC(C)(C)OC(=O)NCCC(O)C(O)c1ccccc1C#N. The molecular weight excluding hydrogens is 284 g/mol. The summed E-state index contributed by atoms with van der Waals surface area (Å²) < 4.78 is 5.06. The summed E-state index contributed by atoms with van der Waals surface area (Å²) in [5.74, 6) is 0. The highest BCUT2D eigenvalue weighted by molar-refractivity contribution is 5.67. The van der Waals surface area contributed by atoms with Crippen molar-refractivity contribution in [3.05, 3.63) is 35.4 Å². The van der Waals surface area contributed by atoms with Gasteiger partial charge in [-0.2, -0.15) is 5.26 Å².